The van der Waals surface area contributed by atoms with E-state index >= 15 is 0 Å². The summed E-state index contributed by atoms with van der Waals surface area (Å²) in [6.07, 6.45) is 3.45. The Labute approximate surface area is 147 Å². The van der Waals surface area contributed by atoms with Crippen LogP contribution in [0.15, 0.2) is 42.7 Å². The van der Waals surface area contributed by atoms with E-state index in [0.29, 0.717) is 31.4 Å². The normalized spacial score (nSPS) is 14.3. The van der Waals surface area contributed by atoms with E-state index in [1.165, 1.54) is 0 Å². The van der Waals surface area contributed by atoms with Crippen LogP contribution in [0.25, 0.3) is 0 Å². The topological polar surface area (TPSA) is 67.8 Å². The molecule has 7 heteroatoms. The van der Waals surface area contributed by atoms with Gasteiger partial charge in [0.25, 0.3) is 5.91 Å². The summed E-state index contributed by atoms with van der Waals surface area (Å²) in [6, 6.07) is 9.08. The lowest BCUT2D eigenvalue weighted by Crippen LogP contribution is -2.50. The van der Waals surface area contributed by atoms with Crippen LogP contribution in [-0.2, 0) is 4.79 Å². The Kier molecular flexibility index (Phi) is 5.66. The van der Waals surface area contributed by atoms with Crippen LogP contribution < -0.4 is 14.4 Å². The number of carbonyl (C=O) groups is 1. The molecule has 0 unspecified atom stereocenters. The zero-order valence-electron chi connectivity index (χ0n) is 14.3. The van der Waals surface area contributed by atoms with Crippen molar-refractivity contribution in [3.8, 4) is 11.5 Å². The number of carbonyl (C=O) groups excluding carboxylic acids is 1. The van der Waals surface area contributed by atoms with E-state index in [9.17, 15) is 4.79 Å². The predicted molar refractivity (Wildman–Crippen MR) is 93.9 cm³/mol. The summed E-state index contributed by atoms with van der Waals surface area (Å²) >= 11 is 0. The molecule has 0 spiro atoms. The number of piperazine rings is 1. The fraction of sp³-hybridized carbons (Fsp3) is 0.389. The Balaban J connectivity index is 1.45. The minimum atomic E-state index is -0.0116. The molecule has 1 aliphatic rings. The number of anilines is 1. The quantitative estimate of drug-likeness (QED) is 0.794. The lowest BCUT2D eigenvalue weighted by Gasteiger charge is -2.34. The molecule has 2 aromatic rings. The average Bonchev–Trinajstić information content (AvgIpc) is 2.68. The molecule has 0 aliphatic carbocycles. The number of hydrogen-bond acceptors (Lipinski definition) is 6. The minimum absolute atomic E-state index is 0.0116. The largest absolute Gasteiger partial charge is 0.494 e. The van der Waals surface area contributed by atoms with Gasteiger partial charge in [0.15, 0.2) is 6.61 Å². The van der Waals surface area contributed by atoms with Gasteiger partial charge in [0, 0.05) is 38.6 Å². The first-order chi connectivity index (χ1) is 12.3. The lowest BCUT2D eigenvalue weighted by molar-refractivity contribution is -0.133. The molecule has 1 amide bonds. The predicted octanol–water partition coefficient (Wildman–Crippen LogP) is 1.60. The van der Waals surface area contributed by atoms with Crippen LogP contribution in [0.2, 0.25) is 0 Å². The van der Waals surface area contributed by atoms with E-state index in [0.717, 1.165) is 18.8 Å². The van der Waals surface area contributed by atoms with E-state index < -0.39 is 0 Å². The van der Waals surface area contributed by atoms with Crippen LogP contribution in [0.1, 0.15) is 6.92 Å². The molecule has 25 heavy (non-hydrogen) atoms. The number of amides is 1. The van der Waals surface area contributed by atoms with Crippen molar-refractivity contribution in [1.29, 1.82) is 0 Å². The molecule has 1 saturated heterocycles. The second-order valence-electron chi connectivity index (χ2n) is 5.61. The van der Waals surface area contributed by atoms with Gasteiger partial charge in [0.1, 0.15) is 11.5 Å². The fourth-order valence-electron chi connectivity index (χ4n) is 2.65. The Hall–Kier alpha value is -2.83. The van der Waals surface area contributed by atoms with Gasteiger partial charge >= 0.3 is 0 Å². The Bertz CT molecular complexity index is 670. The van der Waals surface area contributed by atoms with Crippen molar-refractivity contribution in [2.45, 2.75) is 6.92 Å². The molecule has 2 heterocycles. The molecule has 3 rings (SSSR count). The van der Waals surface area contributed by atoms with Crippen molar-refractivity contribution in [3.05, 3.63) is 42.7 Å². The van der Waals surface area contributed by atoms with Gasteiger partial charge in [-0.05, 0) is 37.3 Å². The molecule has 1 aliphatic heterocycles. The van der Waals surface area contributed by atoms with Gasteiger partial charge in [-0.15, -0.1) is 0 Å². The van der Waals surface area contributed by atoms with E-state index in [1.54, 1.807) is 18.5 Å². The molecule has 1 fully saturated rings. The Morgan fingerprint density at radius 1 is 1.00 bits per heavy atom. The zero-order valence-corrected chi connectivity index (χ0v) is 14.3. The fourth-order valence-corrected chi connectivity index (χ4v) is 2.65. The van der Waals surface area contributed by atoms with Crippen molar-refractivity contribution >= 4 is 11.9 Å². The first-order valence-electron chi connectivity index (χ1n) is 8.41. The number of benzene rings is 1. The first-order valence-corrected chi connectivity index (χ1v) is 8.41. The second kappa shape index (κ2) is 8.32. The van der Waals surface area contributed by atoms with Crippen LogP contribution in [0.3, 0.4) is 0 Å². The van der Waals surface area contributed by atoms with Crippen LogP contribution in [0.5, 0.6) is 11.5 Å². The van der Waals surface area contributed by atoms with Crippen molar-refractivity contribution < 1.29 is 14.3 Å². The summed E-state index contributed by atoms with van der Waals surface area (Å²) in [4.78, 5) is 24.7. The highest BCUT2D eigenvalue weighted by atomic mass is 16.5. The summed E-state index contributed by atoms with van der Waals surface area (Å²) in [7, 11) is 0. The molecule has 0 radical (unpaired) electrons. The van der Waals surface area contributed by atoms with Crippen LogP contribution >= 0.6 is 0 Å². The van der Waals surface area contributed by atoms with Gasteiger partial charge in [-0.2, -0.15) is 0 Å². The van der Waals surface area contributed by atoms with Crippen molar-refractivity contribution in [1.82, 2.24) is 14.9 Å². The summed E-state index contributed by atoms with van der Waals surface area (Å²) in [5.74, 6) is 2.15. The number of ether oxygens (including phenoxy) is 2. The van der Waals surface area contributed by atoms with Crippen LogP contribution in [0, 0.1) is 0 Å². The number of aromatic nitrogens is 2. The highest BCUT2D eigenvalue weighted by Gasteiger charge is 2.22. The molecule has 7 nitrogen and oxygen atoms in total. The third-order valence-electron chi connectivity index (χ3n) is 3.96. The Morgan fingerprint density at radius 3 is 2.20 bits per heavy atom. The third-order valence-corrected chi connectivity index (χ3v) is 3.96. The summed E-state index contributed by atoms with van der Waals surface area (Å²) in [5.41, 5.74) is 0. The number of nitrogens with zero attached hydrogens (tertiary/aromatic N) is 4. The van der Waals surface area contributed by atoms with E-state index in [-0.39, 0.29) is 12.5 Å². The maximum atomic E-state index is 12.3. The molecule has 0 saturated carbocycles. The van der Waals surface area contributed by atoms with Crippen LogP contribution in [-0.4, -0.2) is 60.2 Å². The number of hydrogen-bond donors (Lipinski definition) is 0. The summed E-state index contributed by atoms with van der Waals surface area (Å²) in [5, 5.41) is 0. The van der Waals surface area contributed by atoms with Gasteiger partial charge < -0.3 is 19.3 Å². The van der Waals surface area contributed by atoms with E-state index in [2.05, 4.69) is 14.9 Å². The van der Waals surface area contributed by atoms with Gasteiger partial charge in [-0.3, -0.25) is 4.79 Å². The molecular weight excluding hydrogens is 320 g/mol. The standard InChI is InChI=1S/C18H22N4O3/c1-2-24-15-4-6-16(7-5-15)25-14-17(23)21-10-12-22(13-11-21)18-19-8-3-9-20-18/h3-9H,2,10-14H2,1H3. The average molecular weight is 342 g/mol. The Morgan fingerprint density at radius 2 is 1.60 bits per heavy atom. The highest BCUT2D eigenvalue weighted by Crippen LogP contribution is 2.17. The first kappa shape index (κ1) is 17.0. The van der Waals surface area contributed by atoms with Gasteiger partial charge in [-0.1, -0.05) is 0 Å². The molecular formula is C18H22N4O3. The van der Waals surface area contributed by atoms with E-state index in [4.69, 9.17) is 9.47 Å². The van der Waals surface area contributed by atoms with Crippen molar-refractivity contribution in [2.24, 2.45) is 0 Å². The maximum Gasteiger partial charge on any atom is 0.260 e. The van der Waals surface area contributed by atoms with Gasteiger partial charge in [0.2, 0.25) is 5.95 Å². The van der Waals surface area contributed by atoms with Crippen LogP contribution in [0.4, 0.5) is 5.95 Å². The highest BCUT2D eigenvalue weighted by molar-refractivity contribution is 5.78. The second-order valence-corrected chi connectivity index (χ2v) is 5.61. The monoisotopic (exact) mass is 342 g/mol. The lowest BCUT2D eigenvalue weighted by atomic mass is 10.3. The molecule has 0 N–H and O–H groups in total. The molecule has 1 aromatic carbocycles. The van der Waals surface area contributed by atoms with Crippen molar-refractivity contribution in [3.63, 3.8) is 0 Å². The molecule has 132 valence electrons. The molecule has 1 aromatic heterocycles. The van der Waals surface area contributed by atoms with Gasteiger partial charge in [-0.25, -0.2) is 9.97 Å². The SMILES string of the molecule is CCOc1ccc(OCC(=O)N2CCN(c3ncccn3)CC2)cc1. The zero-order chi connectivity index (χ0) is 17.5. The summed E-state index contributed by atoms with van der Waals surface area (Å²) < 4.78 is 11.0. The third kappa shape index (κ3) is 4.59. The summed E-state index contributed by atoms with van der Waals surface area (Å²) in [6.45, 7) is 5.33. The minimum Gasteiger partial charge on any atom is -0.494 e. The number of rotatable bonds is 6. The molecule has 0 bridgehead atoms. The van der Waals surface area contributed by atoms with E-state index in [1.807, 2.05) is 36.1 Å². The van der Waals surface area contributed by atoms with Gasteiger partial charge in [0.05, 0.1) is 6.61 Å². The molecule has 0 atom stereocenters. The smallest absolute Gasteiger partial charge is 0.260 e. The van der Waals surface area contributed by atoms with Crippen molar-refractivity contribution in [2.75, 3.05) is 44.3 Å². The maximum absolute atomic E-state index is 12.3.